The number of ether oxygens (including phenoxy) is 1. The minimum Gasteiger partial charge on any atom is -0.378 e. The Balaban J connectivity index is 0.00000361. The third kappa shape index (κ3) is 9.80. The van der Waals surface area contributed by atoms with E-state index in [4.69, 9.17) is 4.74 Å². The molecule has 0 amide bonds. The van der Waals surface area contributed by atoms with Gasteiger partial charge in [-0.3, -0.25) is 4.99 Å². The van der Waals surface area contributed by atoms with Gasteiger partial charge in [0.15, 0.2) is 5.96 Å². The first-order valence-electron chi connectivity index (χ1n) is 8.00. The van der Waals surface area contributed by atoms with Crippen molar-refractivity contribution in [3.8, 4) is 0 Å². The lowest BCUT2D eigenvalue weighted by molar-refractivity contribution is 0.0579. The maximum atomic E-state index is 5.83. The fraction of sp³-hybridized carbons (Fsp3) is 0.933. The Bertz CT molecular complexity index is 243. The van der Waals surface area contributed by atoms with Crippen LogP contribution in [0.2, 0.25) is 0 Å². The van der Waals surface area contributed by atoms with Crippen LogP contribution >= 0.6 is 24.0 Å². The molecule has 0 atom stereocenters. The second-order valence-electron chi connectivity index (χ2n) is 5.17. The quantitative estimate of drug-likeness (QED) is 0.272. The van der Waals surface area contributed by atoms with Crippen molar-refractivity contribution in [2.45, 2.75) is 64.9 Å². The summed E-state index contributed by atoms with van der Waals surface area (Å²) in [5.74, 6) is 0.941. The van der Waals surface area contributed by atoms with Crippen molar-refractivity contribution in [3.05, 3.63) is 0 Å². The highest BCUT2D eigenvalue weighted by atomic mass is 127. The Hall–Kier alpha value is -0.0400. The molecule has 0 aromatic carbocycles. The molecular formula is C15H32IN3O. The predicted octanol–water partition coefficient (Wildman–Crippen LogP) is 3.31. The van der Waals surface area contributed by atoms with Crippen LogP contribution in [-0.2, 0) is 4.74 Å². The minimum atomic E-state index is 0. The second-order valence-corrected chi connectivity index (χ2v) is 5.17. The first-order chi connectivity index (χ1) is 9.36. The van der Waals surface area contributed by atoms with E-state index >= 15 is 0 Å². The third-order valence-electron chi connectivity index (χ3n) is 3.40. The number of rotatable bonds is 9. The number of aliphatic imine (C=N–C) groups is 1. The number of unbranched alkanes of at least 4 members (excludes halogenated alkanes) is 1. The molecule has 0 bridgehead atoms. The average Bonchev–Trinajstić information content (AvgIpc) is 2.91. The SMILES string of the molecule is CCCCNC(=NCCCOC1CCCC1)NCC.I. The molecule has 1 aliphatic carbocycles. The first kappa shape index (κ1) is 20.0. The molecule has 4 nitrogen and oxygen atoms in total. The van der Waals surface area contributed by atoms with Crippen molar-refractivity contribution in [2.24, 2.45) is 4.99 Å². The van der Waals surface area contributed by atoms with Crippen molar-refractivity contribution >= 4 is 29.9 Å². The van der Waals surface area contributed by atoms with Crippen molar-refractivity contribution in [2.75, 3.05) is 26.2 Å². The fourth-order valence-corrected chi connectivity index (χ4v) is 2.29. The average molecular weight is 397 g/mol. The molecule has 20 heavy (non-hydrogen) atoms. The normalized spacial score (nSPS) is 16.0. The van der Waals surface area contributed by atoms with Gasteiger partial charge in [0, 0.05) is 26.2 Å². The zero-order valence-electron chi connectivity index (χ0n) is 13.1. The van der Waals surface area contributed by atoms with E-state index in [1.807, 2.05) is 0 Å². The summed E-state index contributed by atoms with van der Waals surface area (Å²) in [4.78, 5) is 4.56. The highest BCUT2D eigenvalue weighted by Gasteiger charge is 2.14. The number of halogens is 1. The van der Waals surface area contributed by atoms with Gasteiger partial charge >= 0.3 is 0 Å². The standard InChI is InChI=1S/C15H31N3O.HI/c1-3-5-11-17-15(16-4-2)18-12-8-13-19-14-9-6-7-10-14;/h14H,3-13H2,1-2H3,(H2,16,17,18);1H. The monoisotopic (exact) mass is 397 g/mol. The van der Waals surface area contributed by atoms with Crippen LogP contribution in [-0.4, -0.2) is 38.3 Å². The Morgan fingerprint density at radius 2 is 1.90 bits per heavy atom. The lowest BCUT2D eigenvalue weighted by Crippen LogP contribution is -2.37. The van der Waals surface area contributed by atoms with Crippen molar-refractivity contribution in [3.63, 3.8) is 0 Å². The fourth-order valence-electron chi connectivity index (χ4n) is 2.29. The summed E-state index contributed by atoms with van der Waals surface area (Å²) in [5, 5.41) is 6.62. The van der Waals surface area contributed by atoms with Gasteiger partial charge in [0.1, 0.15) is 0 Å². The molecule has 1 aliphatic rings. The number of nitrogens with one attached hydrogen (secondary N) is 2. The van der Waals surface area contributed by atoms with Gasteiger partial charge in [-0.25, -0.2) is 0 Å². The van der Waals surface area contributed by atoms with Crippen molar-refractivity contribution in [1.29, 1.82) is 0 Å². The summed E-state index contributed by atoms with van der Waals surface area (Å²) in [5.41, 5.74) is 0. The second kappa shape index (κ2) is 13.9. The minimum absolute atomic E-state index is 0. The van der Waals surface area contributed by atoms with Crippen LogP contribution in [0, 0.1) is 0 Å². The van der Waals surface area contributed by atoms with Crippen LogP contribution < -0.4 is 10.6 Å². The van der Waals surface area contributed by atoms with E-state index in [-0.39, 0.29) is 24.0 Å². The van der Waals surface area contributed by atoms with Crippen LogP contribution in [0.5, 0.6) is 0 Å². The summed E-state index contributed by atoms with van der Waals surface area (Å²) in [6.07, 6.45) is 9.13. The van der Waals surface area contributed by atoms with Gasteiger partial charge in [-0.2, -0.15) is 0 Å². The van der Waals surface area contributed by atoms with Crippen LogP contribution in [0.25, 0.3) is 0 Å². The number of hydrogen-bond acceptors (Lipinski definition) is 2. The van der Waals surface area contributed by atoms with E-state index in [1.54, 1.807) is 0 Å². The third-order valence-corrected chi connectivity index (χ3v) is 3.40. The maximum absolute atomic E-state index is 5.83. The van der Waals surface area contributed by atoms with E-state index in [0.717, 1.165) is 38.6 Å². The van der Waals surface area contributed by atoms with E-state index in [1.165, 1.54) is 38.5 Å². The van der Waals surface area contributed by atoms with Crippen LogP contribution in [0.15, 0.2) is 4.99 Å². The molecular weight excluding hydrogens is 365 g/mol. The lowest BCUT2D eigenvalue weighted by atomic mass is 10.3. The van der Waals surface area contributed by atoms with E-state index in [2.05, 4.69) is 29.5 Å². The number of nitrogens with zero attached hydrogens (tertiary/aromatic N) is 1. The van der Waals surface area contributed by atoms with Gasteiger partial charge in [0.05, 0.1) is 6.10 Å². The molecule has 2 N–H and O–H groups in total. The summed E-state index contributed by atoms with van der Waals surface area (Å²) in [7, 11) is 0. The van der Waals surface area contributed by atoms with Gasteiger partial charge in [-0.05, 0) is 32.6 Å². The van der Waals surface area contributed by atoms with Gasteiger partial charge in [0.2, 0.25) is 0 Å². The molecule has 5 heteroatoms. The molecule has 0 spiro atoms. The molecule has 120 valence electrons. The Kier molecular flexibility index (Phi) is 13.9. The molecule has 0 unspecified atom stereocenters. The summed E-state index contributed by atoms with van der Waals surface area (Å²) >= 11 is 0. The summed E-state index contributed by atoms with van der Waals surface area (Å²) in [6.45, 7) is 7.90. The molecule has 0 saturated heterocycles. The van der Waals surface area contributed by atoms with E-state index in [9.17, 15) is 0 Å². The predicted molar refractivity (Wildman–Crippen MR) is 97.1 cm³/mol. The summed E-state index contributed by atoms with van der Waals surface area (Å²) in [6, 6.07) is 0. The maximum Gasteiger partial charge on any atom is 0.191 e. The Labute approximate surface area is 141 Å². The zero-order valence-corrected chi connectivity index (χ0v) is 15.4. The molecule has 0 aromatic rings. The topological polar surface area (TPSA) is 45.7 Å². The lowest BCUT2D eigenvalue weighted by Gasteiger charge is -2.12. The first-order valence-corrected chi connectivity index (χ1v) is 8.00. The summed E-state index contributed by atoms with van der Waals surface area (Å²) < 4.78 is 5.83. The smallest absolute Gasteiger partial charge is 0.191 e. The zero-order chi connectivity index (χ0) is 13.8. The van der Waals surface area contributed by atoms with E-state index in [0.29, 0.717) is 6.10 Å². The largest absolute Gasteiger partial charge is 0.378 e. The van der Waals surface area contributed by atoms with Gasteiger partial charge in [0.25, 0.3) is 0 Å². The molecule has 1 rings (SSSR count). The number of guanidine groups is 1. The van der Waals surface area contributed by atoms with E-state index < -0.39 is 0 Å². The number of hydrogen-bond donors (Lipinski definition) is 2. The van der Waals surface area contributed by atoms with Crippen LogP contribution in [0.4, 0.5) is 0 Å². The van der Waals surface area contributed by atoms with Crippen LogP contribution in [0.3, 0.4) is 0 Å². The highest BCUT2D eigenvalue weighted by molar-refractivity contribution is 14.0. The molecule has 1 saturated carbocycles. The van der Waals surface area contributed by atoms with Gasteiger partial charge in [-0.1, -0.05) is 26.2 Å². The van der Waals surface area contributed by atoms with Gasteiger partial charge in [-0.15, -0.1) is 24.0 Å². The van der Waals surface area contributed by atoms with Crippen LogP contribution in [0.1, 0.15) is 58.8 Å². The van der Waals surface area contributed by atoms with Crippen molar-refractivity contribution < 1.29 is 4.74 Å². The molecule has 0 aromatic heterocycles. The van der Waals surface area contributed by atoms with Gasteiger partial charge < -0.3 is 15.4 Å². The van der Waals surface area contributed by atoms with Crippen molar-refractivity contribution in [1.82, 2.24) is 10.6 Å². The molecule has 1 fully saturated rings. The molecule has 0 aliphatic heterocycles. The molecule has 0 radical (unpaired) electrons. The Morgan fingerprint density at radius 1 is 1.15 bits per heavy atom. The highest BCUT2D eigenvalue weighted by Crippen LogP contribution is 2.20. The Morgan fingerprint density at radius 3 is 2.55 bits per heavy atom. The molecule has 0 heterocycles.